The second-order valence-corrected chi connectivity index (χ2v) is 10.1. The summed E-state index contributed by atoms with van der Waals surface area (Å²) in [5.41, 5.74) is 8.13. The summed E-state index contributed by atoms with van der Waals surface area (Å²) in [6.07, 6.45) is -0.375. The molecule has 2 heterocycles. The first-order valence-corrected chi connectivity index (χ1v) is 11.4. The Morgan fingerprint density at radius 2 is 1.69 bits per heavy atom. The number of nitrogens with two attached hydrogens (primary N) is 1. The van der Waals surface area contributed by atoms with Crippen LogP contribution in [0.15, 0.2) is 35.2 Å². The molecule has 0 aliphatic carbocycles. The van der Waals surface area contributed by atoms with Gasteiger partial charge in [0.1, 0.15) is 11.9 Å². The lowest BCUT2D eigenvalue weighted by Crippen LogP contribution is -2.47. The molecule has 2 N–H and O–H groups in total. The molecule has 5 nitrogen and oxygen atoms in total. The molecule has 0 bridgehead atoms. The van der Waals surface area contributed by atoms with Crippen LogP contribution in [0.1, 0.15) is 36.1 Å². The summed E-state index contributed by atoms with van der Waals surface area (Å²) in [4.78, 5) is 2.46. The van der Waals surface area contributed by atoms with E-state index in [4.69, 9.17) is 10.5 Å². The van der Waals surface area contributed by atoms with Gasteiger partial charge in [-0.1, -0.05) is 13.0 Å². The molecular weight excluding hydrogens is 488 g/mol. The second-order valence-electron chi connectivity index (χ2n) is 7.83. The lowest BCUT2D eigenvalue weighted by molar-refractivity contribution is -0.0531. The van der Waals surface area contributed by atoms with Crippen molar-refractivity contribution in [3.05, 3.63) is 64.5 Å². The van der Waals surface area contributed by atoms with Crippen molar-refractivity contribution in [1.82, 2.24) is 4.90 Å². The zero-order valence-electron chi connectivity index (χ0n) is 17.3. The molecule has 0 saturated carbocycles. The number of hydrogen-bond acceptors (Lipinski definition) is 5. The van der Waals surface area contributed by atoms with E-state index in [-0.39, 0.29) is 48.8 Å². The number of rotatable bonds is 4. The van der Waals surface area contributed by atoms with E-state index < -0.39 is 39.4 Å². The van der Waals surface area contributed by atoms with Gasteiger partial charge in [0.2, 0.25) is 0 Å². The minimum atomic E-state index is -3.28. The lowest BCUT2D eigenvalue weighted by Gasteiger charge is -2.38. The fraction of sp³-hybridized carbons (Fsp3) is 0.429. The van der Waals surface area contributed by atoms with E-state index in [1.165, 1.54) is 0 Å². The Balaban J connectivity index is 0.00000181. The van der Waals surface area contributed by atoms with E-state index >= 15 is 0 Å². The van der Waals surface area contributed by atoms with Crippen molar-refractivity contribution < 1.29 is 26.3 Å². The highest BCUT2D eigenvalue weighted by atomic mass is 35.5. The Kier molecular flexibility index (Phi) is 8.63. The first-order valence-electron chi connectivity index (χ1n) is 9.80. The Labute approximate surface area is 197 Å². The number of nitrogens with zero attached hydrogens (tertiary/aromatic N) is 1. The molecule has 178 valence electrons. The van der Waals surface area contributed by atoms with Gasteiger partial charge < -0.3 is 10.5 Å². The largest absolute Gasteiger partial charge is 0.370 e. The summed E-state index contributed by atoms with van der Waals surface area (Å²) >= 11 is 0. The van der Waals surface area contributed by atoms with Gasteiger partial charge in [0.25, 0.3) is 0 Å². The molecule has 3 atom stereocenters. The van der Waals surface area contributed by atoms with Crippen molar-refractivity contribution in [1.29, 1.82) is 0 Å². The number of ether oxygens (including phenoxy) is 1. The van der Waals surface area contributed by atoms with Gasteiger partial charge in [0.05, 0.1) is 17.3 Å². The maximum Gasteiger partial charge on any atom is 0.178 e. The SMILES string of the molecule is CCS(=O)(=O)c1ccc2c(c1)CN([C@H]1CO[C@H](c3cc(F)c(F)cc3F)[C@@H](N)C1)C2.Cl.Cl. The summed E-state index contributed by atoms with van der Waals surface area (Å²) in [7, 11) is -3.28. The molecule has 0 amide bonds. The summed E-state index contributed by atoms with van der Waals surface area (Å²) in [6, 6.07) is 5.85. The molecule has 1 saturated heterocycles. The predicted molar refractivity (Wildman–Crippen MR) is 119 cm³/mol. The maximum absolute atomic E-state index is 14.1. The van der Waals surface area contributed by atoms with Gasteiger partial charge in [-0.2, -0.15) is 0 Å². The van der Waals surface area contributed by atoms with Crippen molar-refractivity contribution >= 4 is 34.7 Å². The fourth-order valence-electron chi connectivity index (χ4n) is 4.19. The molecule has 32 heavy (non-hydrogen) atoms. The molecule has 4 rings (SSSR count). The topological polar surface area (TPSA) is 72.6 Å². The highest BCUT2D eigenvalue weighted by molar-refractivity contribution is 7.91. The second kappa shape index (κ2) is 10.3. The van der Waals surface area contributed by atoms with Crippen molar-refractivity contribution in [2.75, 3.05) is 12.4 Å². The highest BCUT2D eigenvalue weighted by Crippen LogP contribution is 2.35. The third-order valence-corrected chi connectivity index (χ3v) is 7.66. The Morgan fingerprint density at radius 1 is 1.03 bits per heavy atom. The Morgan fingerprint density at radius 3 is 2.34 bits per heavy atom. The average molecular weight is 513 g/mol. The molecule has 2 aliphatic heterocycles. The van der Waals surface area contributed by atoms with Crippen LogP contribution in [0, 0.1) is 17.5 Å². The number of benzene rings is 2. The molecule has 2 aromatic carbocycles. The van der Waals surface area contributed by atoms with Gasteiger partial charge in [-0.25, -0.2) is 21.6 Å². The molecule has 11 heteroatoms. The number of halogens is 5. The molecule has 1 fully saturated rings. The van der Waals surface area contributed by atoms with Gasteiger partial charge in [-0.15, -0.1) is 24.8 Å². The normalized spacial score (nSPS) is 23.2. The van der Waals surface area contributed by atoms with E-state index in [9.17, 15) is 21.6 Å². The highest BCUT2D eigenvalue weighted by Gasteiger charge is 2.36. The molecule has 0 aromatic heterocycles. The van der Waals surface area contributed by atoms with Gasteiger partial charge in [0.15, 0.2) is 21.5 Å². The third-order valence-electron chi connectivity index (χ3n) is 5.93. The molecule has 2 aromatic rings. The maximum atomic E-state index is 14.1. The predicted octanol–water partition coefficient (Wildman–Crippen LogP) is 3.91. The van der Waals surface area contributed by atoms with E-state index in [0.717, 1.165) is 17.2 Å². The first-order chi connectivity index (χ1) is 14.2. The van der Waals surface area contributed by atoms with Gasteiger partial charge in [-0.05, 0) is 35.7 Å². The third kappa shape index (κ3) is 5.08. The number of hydrogen-bond donors (Lipinski definition) is 1. The van der Waals surface area contributed by atoms with Crippen LogP contribution in [0.2, 0.25) is 0 Å². The van der Waals surface area contributed by atoms with E-state index in [1.54, 1.807) is 19.1 Å². The van der Waals surface area contributed by atoms with Crippen LogP contribution in [-0.2, 0) is 27.7 Å². The number of sulfone groups is 1. The van der Waals surface area contributed by atoms with Gasteiger partial charge >= 0.3 is 0 Å². The van der Waals surface area contributed by atoms with Crippen LogP contribution in [-0.4, -0.2) is 37.8 Å². The van der Waals surface area contributed by atoms with Crippen LogP contribution in [0.5, 0.6) is 0 Å². The summed E-state index contributed by atoms with van der Waals surface area (Å²) < 4.78 is 71.0. The zero-order chi connectivity index (χ0) is 21.6. The lowest BCUT2D eigenvalue weighted by atomic mass is 9.93. The molecule has 0 spiro atoms. The average Bonchev–Trinajstić information content (AvgIpc) is 3.14. The van der Waals surface area contributed by atoms with Crippen molar-refractivity contribution in [3.8, 4) is 0 Å². The van der Waals surface area contributed by atoms with Crippen LogP contribution in [0.4, 0.5) is 13.2 Å². The Hall–Kier alpha value is -1.36. The van der Waals surface area contributed by atoms with Crippen molar-refractivity contribution in [2.24, 2.45) is 5.73 Å². The van der Waals surface area contributed by atoms with E-state index in [2.05, 4.69) is 4.90 Å². The van der Waals surface area contributed by atoms with Crippen molar-refractivity contribution in [3.63, 3.8) is 0 Å². The summed E-state index contributed by atoms with van der Waals surface area (Å²) in [5.74, 6) is -3.23. The molecular formula is C21H25Cl2F3N2O3S. The van der Waals surface area contributed by atoms with Crippen LogP contribution >= 0.6 is 24.8 Å². The minimum Gasteiger partial charge on any atom is -0.370 e. The first kappa shape index (κ1) is 26.9. The van der Waals surface area contributed by atoms with Crippen molar-refractivity contribution in [2.45, 2.75) is 49.5 Å². The zero-order valence-corrected chi connectivity index (χ0v) is 19.7. The number of fused-ring (bicyclic) bond motifs is 1. The Bertz CT molecular complexity index is 1090. The molecule has 2 aliphatic rings. The quantitative estimate of drug-likeness (QED) is 0.628. The van der Waals surface area contributed by atoms with E-state index in [0.29, 0.717) is 30.5 Å². The van der Waals surface area contributed by atoms with Gasteiger partial charge in [-0.3, -0.25) is 4.90 Å². The smallest absolute Gasteiger partial charge is 0.178 e. The minimum absolute atomic E-state index is 0. The molecule has 0 radical (unpaired) electrons. The fourth-order valence-corrected chi connectivity index (χ4v) is 5.12. The monoisotopic (exact) mass is 512 g/mol. The van der Waals surface area contributed by atoms with Gasteiger partial charge in [0, 0.05) is 36.8 Å². The standard InChI is InChI=1S/C21H23F3N2O3S.2ClH/c1-2-30(27,28)15-4-3-12-9-26(10-13(12)5-15)14-6-20(25)21(29-11-14)16-7-18(23)19(24)8-17(16)22;;/h3-5,7-8,14,20-21H,2,6,9-11,25H2,1H3;2*1H/t14-,20+,21-;;/m1../s1. The summed E-state index contributed by atoms with van der Waals surface area (Å²) in [6.45, 7) is 3.06. The molecule has 0 unspecified atom stereocenters. The van der Waals surface area contributed by atoms with E-state index in [1.807, 2.05) is 6.07 Å². The summed E-state index contributed by atoms with van der Waals surface area (Å²) in [5, 5.41) is 0. The van der Waals surface area contributed by atoms with Crippen LogP contribution < -0.4 is 5.73 Å². The van der Waals surface area contributed by atoms with Crippen LogP contribution in [0.25, 0.3) is 0 Å². The van der Waals surface area contributed by atoms with Crippen LogP contribution in [0.3, 0.4) is 0 Å².